The summed E-state index contributed by atoms with van der Waals surface area (Å²) in [5.41, 5.74) is 0. The minimum atomic E-state index is 0.681. The third-order valence-corrected chi connectivity index (χ3v) is 5.38. The molecule has 2 aliphatic rings. The third-order valence-electron chi connectivity index (χ3n) is 5.38. The lowest BCUT2D eigenvalue weighted by atomic mass is 9.96. The van der Waals surface area contributed by atoms with E-state index in [0.717, 1.165) is 17.9 Å². The molecule has 20 heavy (non-hydrogen) atoms. The molecule has 2 heterocycles. The molecule has 0 spiro atoms. The third kappa shape index (κ3) is 3.96. The predicted octanol–water partition coefficient (Wildman–Crippen LogP) is 2.43. The SMILES string of the molecule is CCC1CNC(C(C)C)CN1CC1CCN(C(C)C)C1. The van der Waals surface area contributed by atoms with Crippen LogP contribution in [0.25, 0.3) is 0 Å². The van der Waals surface area contributed by atoms with E-state index in [1.54, 1.807) is 0 Å². The maximum Gasteiger partial charge on any atom is 0.0218 e. The number of nitrogens with zero attached hydrogens (tertiary/aromatic N) is 2. The van der Waals surface area contributed by atoms with Gasteiger partial charge in [-0.3, -0.25) is 4.90 Å². The highest BCUT2D eigenvalue weighted by Crippen LogP contribution is 2.23. The predicted molar refractivity (Wildman–Crippen MR) is 87.1 cm³/mol. The molecule has 3 heteroatoms. The second-order valence-corrected chi connectivity index (χ2v) is 7.52. The lowest BCUT2D eigenvalue weighted by Gasteiger charge is -2.42. The van der Waals surface area contributed by atoms with Crippen LogP contribution in [0.1, 0.15) is 47.5 Å². The van der Waals surface area contributed by atoms with E-state index in [2.05, 4.69) is 49.7 Å². The fraction of sp³-hybridized carbons (Fsp3) is 1.00. The molecule has 2 saturated heterocycles. The van der Waals surface area contributed by atoms with Crippen molar-refractivity contribution >= 4 is 0 Å². The summed E-state index contributed by atoms with van der Waals surface area (Å²) in [6.07, 6.45) is 2.67. The number of piperazine rings is 1. The standard InChI is InChI=1S/C17H35N3/c1-6-16-9-18-17(13(2)3)12-20(16)11-15-7-8-19(10-15)14(4)5/h13-18H,6-12H2,1-5H3. The van der Waals surface area contributed by atoms with Crippen molar-refractivity contribution in [1.29, 1.82) is 0 Å². The van der Waals surface area contributed by atoms with Gasteiger partial charge in [-0.1, -0.05) is 20.8 Å². The molecule has 118 valence electrons. The number of nitrogens with one attached hydrogen (secondary N) is 1. The fourth-order valence-corrected chi connectivity index (χ4v) is 3.77. The zero-order valence-corrected chi connectivity index (χ0v) is 14.2. The quantitative estimate of drug-likeness (QED) is 0.835. The molecule has 0 radical (unpaired) electrons. The Hall–Kier alpha value is -0.120. The Morgan fingerprint density at radius 2 is 1.90 bits per heavy atom. The summed E-state index contributed by atoms with van der Waals surface area (Å²) in [4.78, 5) is 5.43. The topological polar surface area (TPSA) is 18.5 Å². The van der Waals surface area contributed by atoms with Crippen LogP contribution in [0, 0.1) is 11.8 Å². The van der Waals surface area contributed by atoms with Crippen LogP contribution >= 0.6 is 0 Å². The minimum Gasteiger partial charge on any atom is -0.311 e. The Labute approximate surface area is 126 Å². The maximum atomic E-state index is 3.75. The molecule has 2 fully saturated rings. The average Bonchev–Trinajstić information content (AvgIpc) is 2.87. The van der Waals surface area contributed by atoms with Crippen LogP contribution in [-0.2, 0) is 0 Å². The Bertz CT molecular complexity index is 290. The molecule has 2 aliphatic heterocycles. The van der Waals surface area contributed by atoms with Crippen molar-refractivity contribution in [2.45, 2.75) is 65.6 Å². The van der Waals surface area contributed by atoms with E-state index in [9.17, 15) is 0 Å². The van der Waals surface area contributed by atoms with Gasteiger partial charge in [0.15, 0.2) is 0 Å². The van der Waals surface area contributed by atoms with Gasteiger partial charge in [0.1, 0.15) is 0 Å². The zero-order chi connectivity index (χ0) is 14.7. The van der Waals surface area contributed by atoms with Crippen LogP contribution in [0.3, 0.4) is 0 Å². The average molecular weight is 281 g/mol. The molecule has 2 rings (SSSR count). The lowest BCUT2D eigenvalue weighted by molar-refractivity contribution is 0.0927. The van der Waals surface area contributed by atoms with Gasteiger partial charge in [-0.2, -0.15) is 0 Å². The van der Waals surface area contributed by atoms with E-state index in [1.807, 2.05) is 0 Å². The summed E-state index contributed by atoms with van der Waals surface area (Å²) in [5.74, 6) is 1.63. The Morgan fingerprint density at radius 1 is 1.15 bits per heavy atom. The Kier molecular flexibility index (Phi) is 5.88. The summed E-state index contributed by atoms with van der Waals surface area (Å²) in [5, 5.41) is 3.75. The van der Waals surface area contributed by atoms with Gasteiger partial charge in [-0.05, 0) is 45.1 Å². The van der Waals surface area contributed by atoms with Gasteiger partial charge in [0.05, 0.1) is 0 Å². The van der Waals surface area contributed by atoms with Gasteiger partial charge in [0.25, 0.3) is 0 Å². The first-order valence-electron chi connectivity index (χ1n) is 8.72. The van der Waals surface area contributed by atoms with Gasteiger partial charge in [-0.15, -0.1) is 0 Å². The molecule has 3 atom stereocenters. The number of likely N-dealkylation sites (tertiary alicyclic amines) is 1. The molecule has 3 unspecified atom stereocenters. The van der Waals surface area contributed by atoms with Gasteiger partial charge in [0.2, 0.25) is 0 Å². The molecule has 0 aromatic heterocycles. The second-order valence-electron chi connectivity index (χ2n) is 7.52. The van der Waals surface area contributed by atoms with E-state index in [-0.39, 0.29) is 0 Å². The summed E-state index contributed by atoms with van der Waals surface area (Å²) < 4.78 is 0. The van der Waals surface area contributed by atoms with Crippen molar-refractivity contribution in [3.8, 4) is 0 Å². The minimum absolute atomic E-state index is 0.681. The normalized spacial score (nSPS) is 33.5. The Morgan fingerprint density at radius 3 is 2.45 bits per heavy atom. The first-order valence-corrected chi connectivity index (χ1v) is 8.72. The van der Waals surface area contributed by atoms with Crippen LogP contribution in [0.5, 0.6) is 0 Å². The molecule has 3 nitrogen and oxygen atoms in total. The van der Waals surface area contributed by atoms with E-state index in [0.29, 0.717) is 12.1 Å². The van der Waals surface area contributed by atoms with Gasteiger partial charge in [0, 0.05) is 44.3 Å². The molecule has 1 N–H and O–H groups in total. The van der Waals surface area contributed by atoms with Crippen molar-refractivity contribution in [2.75, 3.05) is 32.7 Å². The molecule has 0 saturated carbocycles. The lowest BCUT2D eigenvalue weighted by Crippen LogP contribution is -2.58. The number of rotatable bonds is 5. The van der Waals surface area contributed by atoms with Crippen molar-refractivity contribution < 1.29 is 0 Å². The first kappa shape index (κ1) is 16.3. The molecule has 0 amide bonds. The molecule has 0 bridgehead atoms. The van der Waals surface area contributed by atoms with Gasteiger partial charge in [-0.25, -0.2) is 0 Å². The summed E-state index contributed by atoms with van der Waals surface area (Å²) in [7, 11) is 0. The fourth-order valence-electron chi connectivity index (χ4n) is 3.77. The highest BCUT2D eigenvalue weighted by atomic mass is 15.2. The van der Waals surface area contributed by atoms with Crippen LogP contribution in [0.4, 0.5) is 0 Å². The number of hydrogen-bond acceptors (Lipinski definition) is 3. The summed E-state index contributed by atoms with van der Waals surface area (Å²) >= 11 is 0. The van der Waals surface area contributed by atoms with Crippen LogP contribution < -0.4 is 5.32 Å². The molecule has 0 aliphatic carbocycles. The van der Waals surface area contributed by atoms with Gasteiger partial charge >= 0.3 is 0 Å². The van der Waals surface area contributed by atoms with Crippen LogP contribution in [0.2, 0.25) is 0 Å². The highest BCUT2D eigenvalue weighted by Gasteiger charge is 2.32. The molecular weight excluding hydrogens is 246 g/mol. The zero-order valence-electron chi connectivity index (χ0n) is 14.2. The second kappa shape index (κ2) is 7.24. The Balaban J connectivity index is 1.88. The highest BCUT2D eigenvalue weighted by molar-refractivity contribution is 4.89. The maximum absolute atomic E-state index is 3.75. The first-order chi connectivity index (χ1) is 9.51. The molecule has 0 aromatic carbocycles. The van der Waals surface area contributed by atoms with Crippen molar-refractivity contribution in [1.82, 2.24) is 15.1 Å². The van der Waals surface area contributed by atoms with Crippen LogP contribution in [-0.4, -0.2) is 60.6 Å². The van der Waals surface area contributed by atoms with Gasteiger partial charge < -0.3 is 10.2 Å². The number of hydrogen-bond donors (Lipinski definition) is 1. The summed E-state index contributed by atoms with van der Waals surface area (Å²) in [6.45, 7) is 18.0. The van der Waals surface area contributed by atoms with E-state index in [4.69, 9.17) is 0 Å². The van der Waals surface area contributed by atoms with E-state index < -0.39 is 0 Å². The van der Waals surface area contributed by atoms with Crippen molar-refractivity contribution in [2.24, 2.45) is 11.8 Å². The summed E-state index contributed by atoms with van der Waals surface area (Å²) in [6, 6.07) is 2.15. The van der Waals surface area contributed by atoms with Crippen LogP contribution in [0.15, 0.2) is 0 Å². The van der Waals surface area contributed by atoms with E-state index >= 15 is 0 Å². The van der Waals surface area contributed by atoms with Crippen molar-refractivity contribution in [3.63, 3.8) is 0 Å². The largest absolute Gasteiger partial charge is 0.311 e. The van der Waals surface area contributed by atoms with Crippen molar-refractivity contribution in [3.05, 3.63) is 0 Å². The molecule has 0 aromatic rings. The monoisotopic (exact) mass is 281 g/mol. The smallest absolute Gasteiger partial charge is 0.0218 e. The molecular formula is C17H35N3. The van der Waals surface area contributed by atoms with E-state index in [1.165, 1.54) is 45.6 Å².